The minimum Gasteiger partial charge on any atom is -0.317 e. The lowest BCUT2D eigenvalue weighted by molar-refractivity contribution is -0.119. The van der Waals surface area contributed by atoms with Gasteiger partial charge >= 0.3 is 0 Å². The number of carbonyl (C=O) groups is 1. The summed E-state index contributed by atoms with van der Waals surface area (Å²) in [5.41, 5.74) is 0.803. The minimum absolute atomic E-state index is 0. The predicted molar refractivity (Wildman–Crippen MR) is 107 cm³/mol. The quantitative estimate of drug-likeness (QED) is 0.755. The number of nitrogens with zero attached hydrogens (tertiary/aromatic N) is 1. The third-order valence-corrected chi connectivity index (χ3v) is 7.50. The Morgan fingerprint density at radius 1 is 1.37 bits per heavy atom. The van der Waals surface area contributed by atoms with Crippen LogP contribution in [-0.4, -0.2) is 43.4 Å². The van der Waals surface area contributed by atoms with Gasteiger partial charge in [-0.2, -0.15) is 0 Å². The second kappa shape index (κ2) is 8.64. The van der Waals surface area contributed by atoms with Gasteiger partial charge in [0.2, 0.25) is 5.91 Å². The van der Waals surface area contributed by atoms with E-state index >= 15 is 0 Å². The van der Waals surface area contributed by atoms with E-state index in [9.17, 15) is 17.6 Å². The van der Waals surface area contributed by atoms with Gasteiger partial charge in [-0.3, -0.25) is 4.79 Å². The average Bonchev–Trinajstić information content (AvgIpc) is 3.01. The molecule has 6 nitrogen and oxygen atoms in total. The van der Waals surface area contributed by atoms with Crippen molar-refractivity contribution < 1.29 is 17.6 Å². The highest BCUT2D eigenvalue weighted by Crippen LogP contribution is 2.30. The number of rotatable bonds is 5. The molecule has 0 atom stereocenters. The Morgan fingerprint density at radius 2 is 2.07 bits per heavy atom. The monoisotopic (exact) mass is 433 g/mol. The van der Waals surface area contributed by atoms with E-state index in [-0.39, 0.29) is 31.1 Å². The highest BCUT2D eigenvalue weighted by Gasteiger charge is 2.48. The molecule has 0 spiro atoms. The molecule has 1 aliphatic rings. The number of aromatic nitrogens is 1. The van der Waals surface area contributed by atoms with Gasteiger partial charge in [0, 0.05) is 23.8 Å². The SMILES string of the molecule is CS(=O)(=O)C1(C(=O)Nc2ncc(Cc3cccc(F)c3)s2)CCNCC1.Cl. The third-order valence-electron chi connectivity index (χ3n) is 4.58. The molecule has 10 heteroatoms. The second-order valence-corrected chi connectivity index (χ2v) is 9.85. The zero-order valence-electron chi connectivity index (χ0n) is 14.7. The fourth-order valence-corrected chi connectivity index (χ4v) is 5.28. The van der Waals surface area contributed by atoms with Crippen LogP contribution < -0.4 is 10.6 Å². The molecule has 0 unspecified atom stereocenters. The van der Waals surface area contributed by atoms with Gasteiger partial charge in [-0.1, -0.05) is 12.1 Å². The van der Waals surface area contributed by atoms with E-state index in [0.29, 0.717) is 24.6 Å². The smallest absolute Gasteiger partial charge is 0.247 e. The highest BCUT2D eigenvalue weighted by atomic mass is 35.5. The molecule has 0 bridgehead atoms. The third kappa shape index (κ3) is 4.84. The van der Waals surface area contributed by atoms with Crippen molar-refractivity contribution in [3.63, 3.8) is 0 Å². The summed E-state index contributed by atoms with van der Waals surface area (Å²) < 4.78 is 36.4. The molecule has 1 aromatic heterocycles. The number of anilines is 1. The van der Waals surface area contributed by atoms with Crippen LogP contribution >= 0.6 is 23.7 Å². The van der Waals surface area contributed by atoms with Crippen molar-refractivity contribution in [3.05, 3.63) is 46.7 Å². The Labute approximate surface area is 167 Å². The average molecular weight is 434 g/mol. The first-order valence-corrected chi connectivity index (χ1v) is 10.9. The van der Waals surface area contributed by atoms with Crippen molar-refractivity contribution in [1.82, 2.24) is 10.3 Å². The Kier molecular flexibility index (Phi) is 6.96. The van der Waals surface area contributed by atoms with Crippen LogP contribution in [0.2, 0.25) is 0 Å². The summed E-state index contributed by atoms with van der Waals surface area (Å²) in [5, 5.41) is 6.09. The molecule has 0 radical (unpaired) electrons. The van der Waals surface area contributed by atoms with Gasteiger partial charge < -0.3 is 10.6 Å². The summed E-state index contributed by atoms with van der Waals surface area (Å²) >= 11 is 1.26. The van der Waals surface area contributed by atoms with Gasteiger partial charge in [0.15, 0.2) is 19.7 Å². The highest BCUT2D eigenvalue weighted by molar-refractivity contribution is 7.92. The number of sulfone groups is 1. The van der Waals surface area contributed by atoms with Gasteiger partial charge in [-0.25, -0.2) is 17.8 Å². The van der Waals surface area contributed by atoms with Gasteiger partial charge in [0.1, 0.15) is 5.82 Å². The second-order valence-electron chi connectivity index (χ2n) is 6.41. The van der Waals surface area contributed by atoms with Crippen LogP contribution in [0.1, 0.15) is 23.3 Å². The number of piperidine rings is 1. The topological polar surface area (TPSA) is 88.2 Å². The maximum Gasteiger partial charge on any atom is 0.247 e. The van der Waals surface area contributed by atoms with Crippen LogP contribution in [0.15, 0.2) is 30.5 Å². The van der Waals surface area contributed by atoms with Gasteiger partial charge in [-0.05, 0) is 43.6 Å². The first-order chi connectivity index (χ1) is 12.3. The molecule has 2 N–H and O–H groups in total. The van der Waals surface area contributed by atoms with Crippen molar-refractivity contribution in [2.75, 3.05) is 24.7 Å². The van der Waals surface area contributed by atoms with Gasteiger partial charge in [-0.15, -0.1) is 23.7 Å². The van der Waals surface area contributed by atoms with Crippen molar-refractivity contribution in [1.29, 1.82) is 0 Å². The van der Waals surface area contributed by atoms with Crippen molar-refractivity contribution >= 4 is 44.6 Å². The van der Waals surface area contributed by atoms with E-state index in [4.69, 9.17) is 0 Å². The fourth-order valence-electron chi connectivity index (χ4n) is 3.10. The van der Waals surface area contributed by atoms with Crippen LogP contribution in [0.25, 0.3) is 0 Å². The van der Waals surface area contributed by atoms with Gasteiger partial charge in [0.05, 0.1) is 0 Å². The Bertz CT molecular complexity index is 912. The summed E-state index contributed by atoms with van der Waals surface area (Å²) in [5.74, 6) is -0.838. The van der Waals surface area contributed by atoms with E-state index in [1.165, 1.54) is 23.5 Å². The first-order valence-electron chi connectivity index (χ1n) is 8.21. The molecule has 1 aliphatic heterocycles. The van der Waals surface area contributed by atoms with Crippen molar-refractivity contribution in [3.8, 4) is 0 Å². The largest absolute Gasteiger partial charge is 0.317 e. The van der Waals surface area contributed by atoms with Crippen molar-refractivity contribution in [2.24, 2.45) is 0 Å². The number of hydrogen-bond donors (Lipinski definition) is 2. The van der Waals surface area contributed by atoms with Crippen molar-refractivity contribution in [2.45, 2.75) is 24.0 Å². The number of nitrogens with one attached hydrogen (secondary N) is 2. The zero-order valence-corrected chi connectivity index (χ0v) is 17.1. The number of benzene rings is 1. The molecule has 1 aromatic carbocycles. The summed E-state index contributed by atoms with van der Waals surface area (Å²) in [7, 11) is -3.57. The Morgan fingerprint density at radius 3 is 2.70 bits per heavy atom. The number of halogens is 2. The van der Waals surface area contributed by atoms with E-state index in [2.05, 4.69) is 15.6 Å². The molecule has 2 heterocycles. The Balaban J connectivity index is 0.00000261. The molecule has 0 aliphatic carbocycles. The number of carbonyl (C=O) groups excluding carboxylic acids is 1. The van der Waals surface area contributed by atoms with Crippen LogP contribution in [0.4, 0.5) is 9.52 Å². The molecule has 3 rings (SSSR count). The maximum atomic E-state index is 13.3. The standard InChI is InChI=1S/C17H20FN3O3S2.ClH/c1-26(23,24)17(5-7-19-8-6-17)15(22)21-16-20-11-14(25-16)10-12-3-2-4-13(18)9-12;/h2-4,9,11,19H,5-8,10H2,1H3,(H,20,21,22);1H. The lowest BCUT2D eigenvalue weighted by Crippen LogP contribution is -2.55. The van der Waals surface area contributed by atoms with E-state index in [1.54, 1.807) is 12.3 Å². The van der Waals surface area contributed by atoms with Crippen LogP contribution in [0, 0.1) is 5.82 Å². The van der Waals surface area contributed by atoms with E-state index in [1.807, 2.05) is 6.07 Å². The first kappa shape index (κ1) is 21.7. The normalized spacial score (nSPS) is 16.4. The molecular weight excluding hydrogens is 413 g/mol. The summed E-state index contributed by atoms with van der Waals surface area (Å²) in [6.45, 7) is 0.951. The van der Waals surface area contributed by atoms with Crippen LogP contribution in [-0.2, 0) is 21.1 Å². The summed E-state index contributed by atoms with van der Waals surface area (Å²) in [6, 6.07) is 6.28. The number of hydrogen-bond acceptors (Lipinski definition) is 6. The molecule has 1 fully saturated rings. The number of amides is 1. The molecule has 2 aromatic rings. The summed E-state index contributed by atoms with van der Waals surface area (Å²) in [6.07, 6.45) is 3.68. The van der Waals surface area contributed by atoms with Crippen LogP contribution in [0.5, 0.6) is 0 Å². The Hall–Kier alpha value is -1.55. The predicted octanol–water partition coefficient (Wildman–Crippen LogP) is 2.40. The lowest BCUT2D eigenvalue weighted by Gasteiger charge is -2.33. The molecule has 148 valence electrons. The zero-order chi connectivity index (χ0) is 18.8. The molecule has 1 amide bonds. The molecular formula is C17H21ClFN3O3S2. The molecule has 0 saturated carbocycles. The fraction of sp³-hybridized carbons (Fsp3) is 0.412. The van der Waals surface area contributed by atoms with Crippen LogP contribution in [0.3, 0.4) is 0 Å². The number of thiazole rings is 1. The molecule has 1 saturated heterocycles. The summed E-state index contributed by atoms with van der Waals surface area (Å²) in [4.78, 5) is 17.8. The van der Waals surface area contributed by atoms with Gasteiger partial charge in [0.25, 0.3) is 0 Å². The maximum absolute atomic E-state index is 13.3. The van der Waals surface area contributed by atoms with E-state index < -0.39 is 20.5 Å². The van der Waals surface area contributed by atoms with E-state index in [0.717, 1.165) is 16.7 Å². The lowest BCUT2D eigenvalue weighted by atomic mass is 9.96. The molecule has 27 heavy (non-hydrogen) atoms. The minimum atomic E-state index is -3.57.